The number of halogens is 1. The highest BCUT2D eigenvalue weighted by atomic mass is 19.1. The molecular formula is C20H23FN2O2. The molecule has 132 valence electrons. The number of amides is 2. The first-order valence-corrected chi connectivity index (χ1v) is 8.29. The molecule has 2 rings (SSSR count). The third-order valence-corrected chi connectivity index (χ3v) is 4.21. The van der Waals surface area contributed by atoms with Crippen molar-refractivity contribution in [1.82, 2.24) is 9.80 Å². The summed E-state index contributed by atoms with van der Waals surface area (Å²) in [6.07, 6.45) is 0. The highest BCUT2D eigenvalue weighted by Gasteiger charge is 2.28. The zero-order valence-electron chi connectivity index (χ0n) is 14.8. The Bertz CT molecular complexity index is 716. The Balaban J connectivity index is 2.09. The lowest BCUT2D eigenvalue weighted by Crippen LogP contribution is -2.44. The summed E-state index contributed by atoms with van der Waals surface area (Å²) in [7, 11) is 1.61. The van der Waals surface area contributed by atoms with Crippen molar-refractivity contribution in [2.75, 3.05) is 13.6 Å². The van der Waals surface area contributed by atoms with Crippen LogP contribution in [0, 0.1) is 5.82 Å². The fraction of sp³-hybridized carbons (Fsp3) is 0.300. The molecule has 0 aliphatic rings. The van der Waals surface area contributed by atoms with E-state index in [2.05, 4.69) is 0 Å². The van der Waals surface area contributed by atoms with Gasteiger partial charge in [-0.25, -0.2) is 4.39 Å². The smallest absolute Gasteiger partial charge is 0.312 e. The van der Waals surface area contributed by atoms with E-state index in [1.165, 1.54) is 21.9 Å². The van der Waals surface area contributed by atoms with Crippen molar-refractivity contribution >= 4 is 11.8 Å². The summed E-state index contributed by atoms with van der Waals surface area (Å²) in [5.74, 6) is -1.44. The Morgan fingerprint density at radius 2 is 1.60 bits per heavy atom. The van der Waals surface area contributed by atoms with Crippen LogP contribution in [-0.4, -0.2) is 35.2 Å². The molecule has 0 saturated carbocycles. The molecule has 0 saturated heterocycles. The monoisotopic (exact) mass is 342 g/mol. The van der Waals surface area contributed by atoms with E-state index in [0.29, 0.717) is 13.1 Å². The van der Waals surface area contributed by atoms with Crippen molar-refractivity contribution in [2.24, 2.45) is 0 Å². The first-order valence-electron chi connectivity index (χ1n) is 8.29. The Morgan fingerprint density at radius 1 is 1.00 bits per heavy atom. The molecule has 0 spiro atoms. The van der Waals surface area contributed by atoms with Crippen LogP contribution in [0.5, 0.6) is 0 Å². The number of nitrogens with zero attached hydrogens (tertiary/aromatic N) is 2. The number of hydrogen-bond donors (Lipinski definition) is 0. The predicted molar refractivity (Wildman–Crippen MR) is 95.1 cm³/mol. The van der Waals surface area contributed by atoms with E-state index in [9.17, 15) is 14.0 Å². The molecule has 2 aromatic carbocycles. The van der Waals surface area contributed by atoms with Crippen LogP contribution in [0.1, 0.15) is 31.0 Å². The van der Waals surface area contributed by atoms with Crippen LogP contribution >= 0.6 is 0 Å². The van der Waals surface area contributed by atoms with Crippen LogP contribution in [0.25, 0.3) is 0 Å². The molecule has 0 bridgehead atoms. The van der Waals surface area contributed by atoms with Crippen molar-refractivity contribution in [3.63, 3.8) is 0 Å². The summed E-state index contributed by atoms with van der Waals surface area (Å²) in [5.41, 5.74) is 1.75. The molecule has 1 atom stereocenters. The molecule has 25 heavy (non-hydrogen) atoms. The van der Waals surface area contributed by atoms with E-state index < -0.39 is 11.8 Å². The van der Waals surface area contributed by atoms with E-state index >= 15 is 0 Å². The summed E-state index contributed by atoms with van der Waals surface area (Å²) < 4.78 is 13.1. The second kappa shape index (κ2) is 8.42. The SMILES string of the molecule is CCN(C(=O)C(=O)N(C)Cc1ccccc1)[C@H](C)c1ccc(F)cc1. The van der Waals surface area contributed by atoms with Gasteiger partial charge in [-0.1, -0.05) is 42.5 Å². The fourth-order valence-electron chi connectivity index (χ4n) is 2.73. The highest BCUT2D eigenvalue weighted by molar-refractivity contribution is 6.34. The Kier molecular flexibility index (Phi) is 6.28. The molecule has 0 aromatic heterocycles. The number of hydrogen-bond acceptors (Lipinski definition) is 2. The molecule has 2 aromatic rings. The van der Waals surface area contributed by atoms with Crippen molar-refractivity contribution < 1.29 is 14.0 Å². The van der Waals surface area contributed by atoms with Gasteiger partial charge in [0.2, 0.25) is 0 Å². The summed E-state index contributed by atoms with van der Waals surface area (Å²) >= 11 is 0. The quantitative estimate of drug-likeness (QED) is 0.782. The van der Waals surface area contributed by atoms with Crippen LogP contribution in [0.15, 0.2) is 54.6 Å². The number of likely N-dealkylation sites (N-methyl/N-ethyl adjacent to an activating group) is 2. The maximum absolute atomic E-state index is 13.1. The molecule has 0 unspecified atom stereocenters. The van der Waals surface area contributed by atoms with Crippen molar-refractivity contribution in [3.8, 4) is 0 Å². The molecule has 4 nitrogen and oxygen atoms in total. The number of carbonyl (C=O) groups excluding carboxylic acids is 2. The van der Waals surface area contributed by atoms with E-state index in [0.717, 1.165) is 11.1 Å². The molecular weight excluding hydrogens is 319 g/mol. The van der Waals surface area contributed by atoms with E-state index in [1.807, 2.05) is 44.2 Å². The van der Waals surface area contributed by atoms with Crippen LogP contribution in [-0.2, 0) is 16.1 Å². The van der Waals surface area contributed by atoms with Crippen LogP contribution < -0.4 is 0 Å². The number of rotatable bonds is 5. The summed E-state index contributed by atoms with van der Waals surface area (Å²) in [4.78, 5) is 28.1. The van der Waals surface area contributed by atoms with Crippen molar-refractivity contribution in [1.29, 1.82) is 0 Å². The summed E-state index contributed by atoms with van der Waals surface area (Å²) in [5, 5.41) is 0. The minimum absolute atomic E-state index is 0.313. The van der Waals surface area contributed by atoms with Crippen LogP contribution in [0.2, 0.25) is 0 Å². The lowest BCUT2D eigenvalue weighted by molar-refractivity contribution is -0.152. The van der Waals surface area contributed by atoms with Gasteiger partial charge in [-0.2, -0.15) is 0 Å². The van der Waals surface area contributed by atoms with Crippen LogP contribution in [0.3, 0.4) is 0 Å². The Morgan fingerprint density at radius 3 is 2.16 bits per heavy atom. The summed E-state index contributed by atoms with van der Waals surface area (Å²) in [6, 6.07) is 15.2. The van der Waals surface area contributed by atoms with Crippen LogP contribution in [0.4, 0.5) is 4.39 Å². The molecule has 0 fully saturated rings. The zero-order chi connectivity index (χ0) is 18.4. The minimum Gasteiger partial charge on any atom is -0.333 e. The third kappa shape index (κ3) is 4.66. The third-order valence-electron chi connectivity index (χ3n) is 4.21. The first-order chi connectivity index (χ1) is 11.9. The van der Waals surface area contributed by atoms with Gasteiger partial charge >= 0.3 is 11.8 Å². The molecule has 5 heteroatoms. The predicted octanol–water partition coefficient (Wildman–Crippen LogP) is 3.39. The standard InChI is InChI=1S/C20H23FN2O2/c1-4-23(15(2)17-10-12-18(21)13-11-17)20(25)19(24)22(3)14-16-8-6-5-7-9-16/h5-13,15H,4,14H2,1-3H3/t15-/m1/s1. The highest BCUT2D eigenvalue weighted by Crippen LogP contribution is 2.21. The van der Waals surface area contributed by atoms with E-state index in [4.69, 9.17) is 0 Å². The van der Waals surface area contributed by atoms with Gasteiger partial charge < -0.3 is 9.80 Å². The van der Waals surface area contributed by atoms with Crippen molar-refractivity contribution in [3.05, 3.63) is 71.5 Å². The molecule has 0 N–H and O–H groups in total. The van der Waals surface area contributed by atoms with Gasteiger partial charge in [-0.05, 0) is 37.1 Å². The molecule has 0 heterocycles. The van der Waals surface area contributed by atoms with Gasteiger partial charge in [0.1, 0.15) is 5.82 Å². The maximum Gasteiger partial charge on any atom is 0.312 e. The lowest BCUT2D eigenvalue weighted by Gasteiger charge is -2.29. The topological polar surface area (TPSA) is 40.6 Å². The normalized spacial score (nSPS) is 11.7. The van der Waals surface area contributed by atoms with Gasteiger partial charge in [-0.3, -0.25) is 9.59 Å². The average molecular weight is 342 g/mol. The molecule has 2 amide bonds. The first kappa shape index (κ1) is 18.6. The largest absolute Gasteiger partial charge is 0.333 e. The lowest BCUT2D eigenvalue weighted by atomic mass is 10.1. The van der Waals surface area contributed by atoms with Gasteiger partial charge in [0.15, 0.2) is 0 Å². The average Bonchev–Trinajstić information content (AvgIpc) is 2.62. The van der Waals surface area contributed by atoms with Gasteiger partial charge in [0.25, 0.3) is 0 Å². The molecule has 0 radical (unpaired) electrons. The van der Waals surface area contributed by atoms with E-state index in [1.54, 1.807) is 19.2 Å². The second-order valence-electron chi connectivity index (χ2n) is 5.97. The Labute approximate surface area is 147 Å². The van der Waals surface area contributed by atoms with Gasteiger partial charge in [-0.15, -0.1) is 0 Å². The molecule has 0 aliphatic heterocycles. The fourth-order valence-corrected chi connectivity index (χ4v) is 2.73. The van der Waals surface area contributed by atoms with Gasteiger partial charge in [0, 0.05) is 20.1 Å². The number of carbonyl (C=O) groups is 2. The van der Waals surface area contributed by atoms with Gasteiger partial charge in [0.05, 0.1) is 6.04 Å². The maximum atomic E-state index is 13.1. The Hall–Kier alpha value is -2.69. The van der Waals surface area contributed by atoms with Crippen molar-refractivity contribution in [2.45, 2.75) is 26.4 Å². The van der Waals surface area contributed by atoms with E-state index in [-0.39, 0.29) is 11.9 Å². The minimum atomic E-state index is -0.558. The second-order valence-corrected chi connectivity index (χ2v) is 5.97. The molecule has 0 aliphatic carbocycles. The zero-order valence-corrected chi connectivity index (χ0v) is 14.8. The number of benzene rings is 2. The summed E-state index contributed by atoms with van der Waals surface area (Å²) in [6.45, 7) is 4.41.